The summed E-state index contributed by atoms with van der Waals surface area (Å²) in [7, 11) is 0. The molecular formula is C12H12F3N3O. The fourth-order valence-corrected chi connectivity index (χ4v) is 1.49. The van der Waals surface area contributed by atoms with Gasteiger partial charge in [0.15, 0.2) is 0 Å². The largest absolute Gasteiger partial charge is 0.417 e. The van der Waals surface area contributed by atoms with E-state index in [0.29, 0.717) is 18.7 Å². The van der Waals surface area contributed by atoms with Crippen LogP contribution in [0.3, 0.4) is 0 Å². The minimum Gasteiger partial charge on any atom is -0.385 e. The molecular weight excluding hydrogens is 259 g/mol. The van der Waals surface area contributed by atoms with Crippen molar-refractivity contribution in [1.29, 1.82) is 5.26 Å². The van der Waals surface area contributed by atoms with E-state index in [2.05, 4.69) is 5.32 Å². The molecule has 3 N–H and O–H groups in total. The van der Waals surface area contributed by atoms with E-state index >= 15 is 0 Å². The number of anilines is 1. The molecule has 0 radical (unpaired) electrons. The number of primary amides is 1. The SMILES string of the molecule is N#Cc1cc(NCCCC(N)=O)ccc1C(F)(F)F. The monoisotopic (exact) mass is 271 g/mol. The highest BCUT2D eigenvalue weighted by molar-refractivity contribution is 5.73. The molecule has 1 aromatic rings. The summed E-state index contributed by atoms with van der Waals surface area (Å²) in [5.41, 5.74) is 3.95. The summed E-state index contributed by atoms with van der Waals surface area (Å²) in [6.07, 6.45) is -3.88. The fraction of sp³-hybridized carbons (Fsp3) is 0.333. The van der Waals surface area contributed by atoms with Gasteiger partial charge >= 0.3 is 6.18 Å². The van der Waals surface area contributed by atoms with Crippen LogP contribution in [-0.4, -0.2) is 12.5 Å². The van der Waals surface area contributed by atoms with Gasteiger partial charge in [-0.15, -0.1) is 0 Å². The van der Waals surface area contributed by atoms with Crippen molar-refractivity contribution < 1.29 is 18.0 Å². The first-order chi connectivity index (χ1) is 8.84. The molecule has 0 aliphatic rings. The zero-order valence-corrected chi connectivity index (χ0v) is 9.92. The lowest BCUT2D eigenvalue weighted by atomic mass is 10.1. The zero-order valence-electron chi connectivity index (χ0n) is 9.92. The van der Waals surface area contributed by atoms with Crippen molar-refractivity contribution >= 4 is 11.6 Å². The molecule has 1 amide bonds. The third-order valence-corrected chi connectivity index (χ3v) is 2.37. The molecule has 0 atom stereocenters. The van der Waals surface area contributed by atoms with E-state index in [1.165, 1.54) is 12.1 Å². The number of benzene rings is 1. The van der Waals surface area contributed by atoms with Crippen LogP contribution in [0.5, 0.6) is 0 Å². The van der Waals surface area contributed by atoms with Gasteiger partial charge in [0.2, 0.25) is 5.91 Å². The first-order valence-electron chi connectivity index (χ1n) is 5.48. The number of halogens is 3. The van der Waals surface area contributed by atoms with Crippen molar-refractivity contribution in [3.63, 3.8) is 0 Å². The van der Waals surface area contributed by atoms with Crippen LogP contribution in [0.25, 0.3) is 0 Å². The average Bonchev–Trinajstić information content (AvgIpc) is 2.32. The number of alkyl halides is 3. The number of hydrogen-bond donors (Lipinski definition) is 2. The van der Waals surface area contributed by atoms with Crippen molar-refractivity contribution in [2.75, 3.05) is 11.9 Å². The molecule has 0 fully saturated rings. The number of carbonyl (C=O) groups excluding carboxylic acids is 1. The van der Waals surface area contributed by atoms with E-state index < -0.39 is 23.2 Å². The summed E-state index contributed by atoms with van der Waals surface area (Å²) >= 11 is 0. The van der Waals surface area contributed by atoms with E-state index in [1.807, 2.05) is 0 Å². The van der Waals surface area contributed by atoms with E-state index in [0.717, 1.165) is 12.1 Å². The Labute approximate surface area is 108 Å². The normalized spacial score (nSPS) is 10.8. The van der Waals surface area contributed by atoms with Crippen LogP contribution < -0.4 is 11.1 Å². The number of nitrogens with one attached hydrogen (secondary N) is 1. The van der Waals surface area contributed by atoms with E-state index in [-0.39, 0.29) is 6.42 Å². The predicted molar refractivity (Wildman–Crippen MR) is 63.1 cm³/mol. The first-order valence-corrected chi connectivity index (χ1v) is 5.48. The number of rotatable bonds is 5. The number of nitrogens with two attached hydrogens (primary N) is 1. The lowest BCUT2D eigenvalue weighted by Gasteiger charge is -2.11. The predicted octanol–water partition coefficient (Wildman–Crippen LogP) is 2.25. The van der Waals surface area contributed by atoms with Crippen LogP contribution in [0.4, 0.5) is 18.9 Å². The highest BCUT2D eigenvalue weighted by Crippen LogP contribution is 2.32. The quantitative estimate of drug-likeness (QED) is 0.806. The van der Waals surface area contributed by atoms with Crippen LogP contribution in [0.15, 0.2) is 18.2 Å². The summed E-state index contributed by atoms with van der Waals surface area (Å²) in [4.78, 5) is 10.5. The van der Waals surface area contributed by atoms with E-state index in [4.69, 9.17) is 11.0 Å². The number of nitrogens with zero attached hydrogens (tertiary/aromatic N) is 1. The van der Waals surface area contributed by atoms with Crippen molar-refractivity contribution in [3.8, 4) is 6.07 Å². The van der Waals surface area contributed by atoms with Crippen LogP contribution in [0.1, 0.15) is 24.0 Å². The van der Waals surface area contributed by atoms with Crippen molar-refractivity contribution in [2.45, 2.75) is 19.0 Å². The first kappa shape index (κ1) is 14.8. The number of carbonyl (C=O) groups is 1. The lowest BCUT2D eigenvalue weighted by molar-refractivity contribution is -0.137. The van der Waals surface area contributed by atoms with Crippen LogP contribution in [-0.2, 0) is 11.0 Å². The fourth-order valence-electron chi connectivity index (χ4n) is 1.49. The molecule has 0 spiro atoms. The Morgan fingerprint density at radius 3 is 2.63 bits per heavy atom. The number of amides is 1. The molecule has 0 saturated carbocycles. The van der Waals surface area contributed by atoms with Gasteiger partial charge in [-0.2, -0.15) is 18.4 Å². The molecule has 0 heterocycles. The molecule has 7 heteroatoms. The van der Waals surface area contributed by atoms with Gasteiger partial charge in [0.05, 0.1) is 17.2 Å². The molecule has 1 aromatic carbocycles. The standard InChI is InChI=1S/C12H12F3N3O/c13-12(14,15)10-4-3-9(6-8(10)7-16)18-5-1-2-11(17)19/h3-4,6,18H,1-2,5H2,(H2,17,19). The Morgan fingerprint density at radius 1 is 1.42 bits per heavy atom. The lowest BCUT2D eigenvalue weighted by Crippen LogP contribution is -2.13. The van der Waals surface area contributed by atoms with Gasteiger partial charge in [-0.3, -0.25) is 4.79 Å². The maximum Gasteiger partial charge on any atom is 0.417 e. The number of hydrogen-bond acceptors (Lipinski definition) is 3. The molecule has 0 saturated heterocycles. The maximum absolute atomic E-state index is 12.5. The molecule has 0 aliphatic carbocycles. The van der Waals surface area contributed by atoms with Gasteiger partial charge in [0.25, 0.3) is 0 Å². The smallest absolute Gasteiger partial charge is 0.385 e. The van der Waals surface area contributed by atoms with Crippen LogP contribution >= 0.6 is 0 Å². The minimum atomic E-state index is -4.55. The summed E-state index contributed by atoms with van der Waals surface area (Å²) in [5.74, 6) is -0.438. The second kappa shape index (κ2) is 6.09. The van der Waals surface area contributed by atoms with Gasteiger partial charge < -0.3 is 11.1 Å². The second-order valence-corrected chi connectivity index (χ2v) is 3.87. The summed E-state index contributed by atoms with van der Waals surface area (Å²) < 4.78 is 37.6. The molecule has 1 rings (SSSR count). The van der Waals surface area contributed by atoms with Gasteiger partial charge in [0, 0.05) is 18.7 Å². The highest BCUT2D eigenvalue weighted by atomic mass is 19.4. The van der Waals surface area contributed by atoms with Gasteiger partial charge in [-0.05, 0) is 24.6 Å². The van der Waals surface area contributed by atoms with Crippen molar-refractivity contribution in [3.05, 3.63) is 29.3 Å². The van der Waals surface area contributed by atoms with Gasteiger partial charge in [0.1, 0.15) is 0 Å². The number of nitriles is 1. The highest BCUT2D eigenvalue weighted by Gasteiger charge is 2.33. The zero-order chi connectivity index (χ0) is 14.5. The van der Waals surface area contributed by atoms with Gasteiger partial charge in [-0.1, -0.05) is 0 Å². The molecule has 0 aromatic heterocycles. The second-order valence-electron chi connectivity index (χ2n) is 3.87. The molecule has 102 valence electrons. The molecule has 0 bridgehead atoms. The van der Waals surface area contributed by atoms with Crippen LogP contribution in [0.2, 0.25) is 0 Å². The summed E-state index contributed by atoms with van der Waals surface area (Å²) in [6, 6.07) is 4.75. The Kier molecular flexibility index (Phi) is 4.75. The molecule has 0 unspecified atom stereocenters. The molecule has 4 nitrogen and oxygen atoms in total. The maximum atomic E-state index is 12.5. The molecule has 19 heavy (non-hydrogen) atoms. The van der Waals surface area contributed by atoms with Crippen molar-refractivity contribution in [2.24, 2.45) is 5.73 Å². The Bertz CT molecular complexity index is 506. The average molecular weight is 271 g/mol. The Balaban J connectivity index is 2.73. The summed E-state index contributed by atoms with van der Waals surface area (Å²) in [6.45, 7) is 0.388. The molecule has 0 aliphatic heterocycles. The Morgan fingerprint density at radius 2 is 2.11 bits per heavy atom. The summed E-state index contributed by atoms with van der Waals surface area (Å²) in [5, 5.41) is 11.5. The topological polar surface area (TPSA) is 78.9 Å². The van der Waals surface area contributed by atoms with Crippen LogP contribution in [0, 0.1) is 11.3 Å². The Hall–Kier alpha value is -2.23. The van der Waals surface area contributed by atoms with E-state index in [1.54, 1.807) is 0 Å². The van der Waals surface area contributed by atoms with Crippen molar-refractivity contribution in [1.82, 2.24) is 0 Å². The third kappa shape index (κ3) is 4.50. The minimum absolute atomic E-state index is 0.193. The third-order valence-electron chi connectivity index (χ3n) is 2.37. The van der Waals surface area contributed by atoms with E-state index in [9.17, 15) is 18.0 Å². The van der Waals surface area contributed by atoms with Gasteiger partial charge in [-0.25, -0.2) is 0 Å².